The molecule has 7 heteroatoms. The molecule has 1 aliphatic heterocycles. The Balaban J connectivity index is 2.33. The van der Waals surface area contributed by atoms with Gasteiger partial charge in [-0.1, -0.05) is 12.8 Å². The van der Waals surface area contributed by atoms with E-state index in [1.807, 2.05) is 32.8 Å². The molecule has 1 saturated heterocycles. The van der Waals surface area contributed by atoms with E-state index in [9.17, 15) is 9.59 Å². The lowest BCUT2D eigenvalue weighted by Gasteiger charge is -2.51. The van der Waals surface area contributed by atoms with Gasteiger partial charge in [-0.2, -0.15) is 0 Å². The van der Waals surface area contributed by atoms with E-state index in [2.05, 4.69) is 0 Å². The van der Waals surface area contributed by atoms with Crippen LogP contribution in [0.25, 0.3) is 0 Å². The highest BCUT2D eigenvalue weighted by molar-refractivity contribution is 5.67. The Bertz CT molecular complexity index is 486. The number of hydrogen-bond acceptors (Lipinski definition) is 7. The normalized spacial score (nSPS) is 32.6. The molecule has 4 atom stereocenters. The SMILES string of the molecule is CC(=O)O[C@H]1[C@@H](OC2CCCC2)OC(C)(C)[C@@H](N(C)C)[C@H]1OC(C)=O. The van der Waals surface area contributed by atoms with Crippen molar-refractivity contribution in [2.24, 2.45) is 0 Å². The number of esters is 2. The number of carbonyl (C=O) groups excluding carboxylic acids is 2. The summed E-state index contributed by atoms with van der Waals surface area (Å²) in [5.41, 5.74) is -0.649. The average molecular weight is 357 g/mol. The predicted molar refractivity (Wildman–Crippen MR) is 90.9 cm³/mol. The first-order chi connectivity index (χ1) is 11.6. The van der Waals surface area contributed by atoms with Gasteiger partial charge in [-0.3, -0.25) is 9.59 Å². The van der Waals surface area contributed by atoms with E-state index in [1.165, 1.54) is 13.8 Å². The monoisotopic (exact) mass is 357 g/mol. The lowest BCUT2D eigenvalue weighted by molar-refractivity contribution is -0.323. The summed E-state index contributed by atoms with van der Waals surface area (Å²) in [6.07, 6.45) is 1.99. The van der Waals surface area contributed by atoms with Gasteiger partial charge in [-0.15, -0.1) is 0 Å². The largest absolute Gasteiger partial charge is 0.457 e. The fourth-order valence-corrected chi connectivity index (χ4v) is 4.04. The highest BCUT2D eigenvalue weighted by Gasteiger charge is 2.55. The highest BCUT2D eigenvalue weighted by Crippen LogP contribution is 2.37. The molecule has 1 aliphatic carbocycles. The molecule has 2 aliphatic rings. The molecule has 1 heterocycles. The van der Waals surface area contributed by atoms with E-state index in [-0.39, 0.29) is 12.1 Å². The second-order valence-electron chi connectivity index (χ2n) is 7.69. The van der Waals surface area contributed by atoms with Gasteiger partial charge in [0, 0.05) is 13.8 Å². The standard InChI is InChI=1S/C18H31NO6/c1-11(20)22-14-15(23-12(2)21)17(24-13-9-7-8-10-13)25-18(3,4)16(14)19(5)6/h13-17H,7-10H2,1-6H3/t14-,15+,16-,17-/m0/s1. The summed E-state index contributed by atoms with van der Waals surface area (Å²) in [7, 11) is 3.77. The summed E-state index contributed by atoms with van der Waals surface area (Å²) in [6, 6.07) is -0.288. The second-order valence-corrected chi connectivity index (χ2v) is 7.69. The molecule has 7 nitrogen and oxygen atoms in total. The van der Waals surface area contributed by atoms with Gasteiger partial charge in [0.15, 0.2) is 18.5 Å². The fraction of sp³-hybridized carbons (Fsp3) is 0.889. The molecule has 25 heavy (non-hydrogen) atoms. The molecule has 0 aromatic rings. The summed E-state index contributed by atoms with van der Waals surface area (Å²) < 4.78 is 23.4. The Morgan fingerprint density at radius 2 is 1.52 bits per heavy atom. The van der Waals surface area contributed by atoms with Crippen molar-refractivity contribution < 1.29 is 28.5 Å². The minimum absolute atomic E-state index is 0.0766. The van der Waals surface area contributed by atoms with Gasteiger partial charge in [-0.25, -0.2) is 0 Å². The molecule has 0 amide bonds. The van der Waals surface area contributed by atoms with Crippen molar-refractivity contribution in [3.05, 3.63) is 0 Å². The summed E-state index contributed by atoms with van der Waals surface area (Å²) in [5.74, 6) is -0.880. The van der Waals surface area contributed by atoms with Crippen LogP contribution in [-0.2, 0) is 28.5 Å². The van der Waals surface area contributed by atoms with Crippen LogP contribution in [0.4, 0.5) is 0 Å². The Morgan fingerprint density at radius 1 is 1.00 bits per heavy atom. The third-order valence-corrected chi connectivity index (χ3v) is 4.82. The minimum atomic E-state index is -0.803. The molecular formula is C18H31NO6. The molecule has 0 radical (unpaired) electrons. The first kappa shape index (κ1) is 20.1. The first-order valence-corrected chi connectivity index (χ1v) is 8.96. The zero-order valence-corrected chi connectivity index (χ0v) is 16.1. The topological polar surface area (TPSA) is 74.3 Å². The molecule has 2 fully saturated rings. The predicted octanol–water partition coefficient (Wildman–Crippen LogP) is 1.87. The van der Waals surface area contributed by atoms with Crippen molar-refractivity contribution in [2.45, 2.75) is 89.6 Å². The maximum Gasteiger partial charge on any atom is 0.303 e. The first-order valence-electron chi connectivity index (χ1n) is 8.96. The third kappa shape index (κ3) is 4.92. The maximum atomic E-state index is 11.7. The van der Waals surface area contributed by atoms with Gasteiger partial charge in [0.05, 0.1) is 17.7 Å². The van der Waals surface area contributed by atoms with Crippen LogP contribution in [0.15, 0.2) is 0 Å². The van der Waals surface area contributed by atoms with Crippen molar-refractivity contribution >= 4 is 11.9 Å². The van der Waals surface area contributed by atoms with Crippen molar-refractivity contribution in [2.75, 3.05) is 14.1 Å². The minimum Gasteiger partial charge on any atom is -0.457 e. The Morgan fingerprint density at radius 3 is 2.00 bits per heavy atom. The van der Waals surface area contributed by atoms with E-state index < -0.39 is 36.0 Å². The number of hydrogen-bond donors (Lipinski definition) is 0. The quantitative estimate of drug-likeness (QED) is 0.695. The Kier molecular flexibility index (Phi) is 6.45. The van der Waals surface area contributed by atoms with Crippen molar-refractivity contribution in [3.8, 4) is 0 Å². The average Bonchev–Trinajstić information content (AvgIpc) is 2.93. The molecule has 0 spiro atoms. The summed E-state index contributed by atoms with van der Waals surface area (Å²) in [5, 5.41) is 0. The van der Waals surface area contributed by atoms with Gasteiger partial charge in [0.2, 0.25) is 0 Å². The molecule has 0 bridgehead atoms. The third-order valence-electron chi connectivity index (χ3n) is 4.82. The van der Waals surface area contributed by atoms with Crippen LogP contribution < -0.4 is 0 Å². The molecule has 0 aromatic carbocycles. The zero-order chi connectivity index (χ0) is 18.8. The molecule has 2 rings (SSSR count). The maximum absolute atomic E-state index is 11.7. The summed E-state index contributed by atoms with van der Waals surface area (Å²) in [4.78, 5) is 25.3. The van der Waals surface area contributed by atoms with Crippen LogP contribution in [0.1, 0.15) is 53.4 Å². The number of likely N-dealkylation sites (N-methyl/N-ethyl adjacent to an activating group) is 1. The van der Waals surface area contributed by atoms with Crippen LogP contribution in [0.3, 0.4) is 0 Å². The van der Waals surface area contributed by atoms with Crippen LogP contribution in [0.2, 0.25) is 0 Å². The molecule has 0 N–H and O–H groups in total. The van der Waals surface area contributed by atoms with E-state index in [4.69, 9.17) is 18.9 Å². The van der Waals surface area contributed by atoms with Gasteiger partial charge < -0.3 is 23.8 Å². The molecule has 144 valence electrons. The Labute approximate surface area is 149 Å². The van der Waals surface area contributed by atoms with E-state index in [0.29, 0.717) is 0 Å². The van der Waals surface area contributed by atoms with Gasteiger partial charge in [0.25, 0.3) is 0 Å². The number of nitrogens with zero attached hydrogens (tertiary/aromatic N) is 1. The summed E-state index contributed by atoms with van der Waals surface area (Å²) in [6.45, 7) is 6.56. The van der Waals surface area contributed by atoms with Crippen LogP contribution >= 0.6 is 0 Å². The van der Waals surface area contributed by atoms with E-state index >= 15 is 0 Å². The van der Waals surface area contributed by atoms with Crippen molar-refractivity contribution in [1.82, 2.24) is 4.90 Å². The van der Waals surface area contributed by atoms with E-state index in [0.717, 1.165) is 25.7 Å². The lowest BCUT2D eigenvalue weighted by atomic mass is 9.86. The number of ether oxygens (including phenoxy) is 4. The number of rotatable bonds is 5. The number of carbonyl (C=O) groups is 2. The lowest BCUT2D eigenvalue weighted by Crippen LogP contribution is -2.68. The van der Waals surface area contributed by atoms with Gasteiger partial charge in [0.1, 0.15) is 0 Å². The van der Waals surface area contributed by atoms with Crippen molar-refractivity contribution in [3.63, 3.8) is 0 Å². The van der Waals surface area contributed by atoms with Crippen LogP contribution in [0.5, 0.6) is 0 Å². The summed E-state index contributed by atoms with van der Waals surface area (Å²) >= 11 is 0. The van der Waals surface area contributed by atoms with Gasteiger partial charge in [-0.05, 0) is 40.8 Å². The van der Waals surface area contributed by atoms with Gasteiger partial charge >= 0.3 is 11.9 Å². The zero-order valence-electron chi connectivity index (χ0n) is 16.1. The second kappa shape index (κ2) is 8.01. The highest BCUT2D eigenvalue weighted by atomic mass is 16.7. The molecule has 0 aromatic heterocycles. The smallest absolute Gasteiger partial charge is 0.303 e. The van der Waals surface area contributed by atoms with Crippen LogP contribution in [-0.4, -0.2) is 67.2 Å². The fourth-order valence-electron chi connectivity index (χ4n) is 4.04. The van der Waals surface area contributed by atoms with E-state index in [1.54, 1.807) is 0 Å². The Hall–Kier alpha value is -1.18. The molecule has 1 saturated carbocycles. The van der Waals surface area contributed by atoms with Crippen LogP contribution in [0, 0.1) is 0 Å². The van der Waals surface area contributed by atoms with Crippen molar-refractivity contribution in [1.29, 1.82) is 0 Å². The molecule has 0 unspecified atom stereocenters. The molecular weight excluding hydrogens is 326 g/mol.